The molecule has 196 valence electrons. The van der Waals surface area contributed by atoms with E-state index < -0.39 is 27.9 Å². The van der Waals surface area contributed by atoms with E-state index in [1.807, 2.05) is 18.7 Å². The number of halogens is 3. The Kier molecular flexibility index (Phi) is 7.79. The Morgan fingerprint density at radius 3 is 2.61 bits per heavy atom. The van der Waals surface area contributed by atoms with E-state index in [1.165, 1.54) is 0 Å². The van der Waals surface area contributed by atoms with Crippen molar-refractivity contribution in [3.05, 3.63) is 38.2 Å². The van der Waals surface area contributed by atoms with Crippen LogP contribution in [-0.4, -0.2) is 59.3 Å². The molecule has 2 aliphatic rings. The first-order valence-electron chi connectivity index (χ1n) is 11.9. The summed E-state index contributed by atoms with van der Waals surface area (Å²) in [6.07, 6.45) is -0.834. The number of anilines is 1. The summed E-state index contributed by atoms with van der Waals surface area (Å²) in [5.41, 5.74) is -1.75. The van der Waals surface area contributed by atoms with Gasteiger partial charge in [0.15, 0.2) is 5.13 Å². The lowest BCUT2D eigenvalue weighted by molar-refractivity contribution is -0.383. The van der Waals surface area contributed by atoms with Crippen LogP contribution in [0.4, 0.5) is 24.0 Å². The van der Waals surface area contributed by atoms with E-state index in [0.717, 1.165) is 62.4 Å². The zero-order valence-electron chi connectivity index (χ0n) is 20.1. The van der Waals surface area contributed by atoms with Crippen molar-refractivity contribution >= 4 is 38.0 Å². The first-order chi connectivity index (χ1) is 17.1. The van der Waals surface area contributed by atoms with Crippen molar-refractivity contribution in [2.24, 2.45) is 11.1 Å². The number of hydrogen-bond acceptors (Lipinski definition) is 9. The molecule has 13 heteroatoms. The van der Waals surface area contributed by atoms with E-state index in [9.17, 15) is 28.1 Å². The van der Waals surface area contributed by atoms with Gasteiger partial charge in [0.2, 0.25) is 0 Å². The summed E-state index contributed by atoms with van der Waals surface area (Å²) < 4.78 is 39.6. The summed E-state index contributed by atoms with van der Waals surface area (Å²) in [6.45, 7) is 7.44. The molecule has 36 heavy (non-hydrogen) atoms. The van der Waals surface area contributed by atoms with Crippen LogP contribution in [0.3, 0.4) is 0 Å². The molecule has 1 aliphatic carbocycles. The van der Waals surface area contributed by atoms with E-state index in [4.69, 9.17) is 4.84 Å². The number of piperazine rings is 1. The number of rotatable bonds is 6. The lowest BCUT2D eigenvalue weighted by atomic mass is 9.87. The highest BCUT2D eigenvalue weighted by Gasteiger charge is 2.35. The third-order valence-corrected chi connectivity index (χ3v) is 7.83. The molecule has 1 saturated heterocycles. The van der Waals surface area contributed by atoms with Gasteiger partial charge in [-0.3, -0.25) is 19.8 Å². The summed E-state index contributed by atoms with van der Waals surface area (Å²) >= 11 is 0.891. The largest absolute Gasteiger partial charge is 0.416 e. The number of alkyl halides is 3. The smallest absolute Gasteiger partial charge is 0.396 e. The highest BCUT2D eigenvalue weighted by Crippen LogP contribution is 2.38. The lowest BCUT2D eigenvalue weighted by Gasteiger charge is -2.41. The van der Waals surface area contributed by atoms with Crippen molar-refractivity contribution in [2.75, 3.05) is 37.7 Å². The number of oxime groups is 1. The van der Waals surface area contributed by atoms with Crippen molar-refractivity contribution in [1.29, 1.82) is 0 Å². The fourth-order valence-corrected chi connectivity index (χ4v) is 6.05. The van der Waals surface area contributed by atoms with Crippen molar-refractivity contribution < 1.29 is 22.9 Å². The van der Waals surface area contributed by atoms with Crippen LogP contribution in [0.1, 0.15) is 45.1 Å². The summed E-state index contributed by atoms with van der Waals surface area (Å²) in [5, 5.41) is 15.6. The first-order valence-corrected chi connectivity index (χ1v) is 12.8. The van der Waals surface area contributed by atoms with Gasteiger partial charge in [0.05, 0.1) is 21.6 Å². The summed E-state index contributed by atoms with van der Waals surface area (Å²) in [6, 6.07) is 1.11. The molecule has 1 aromatic carbocycles. The second kappa shape index (κ2) is 10.7. The number of nitro benzene ring substituents is 1. The predicted octanol–water partition coefficient (Wildman–Crippen LogP) is 4.68. The average Bonchev–Trinajstić information content (AvgIpc) is 2.82. The summed E-state index contributed by atoms with van der Waals surface area (Å²) in [4.78, 5) is 36.8. The fourth-order valence-electron chi connectivity index (χ4n) is 4.85. The van der Waals surface area contributed by atoms with Crippen LogP contribution in [0.2, 0.25) is 0 Å². The maximum Gasteiger partial charge on any atom is 0.416 e. The second-order valence-corrected chi connectivity index (χ2v) is 10.2. The van der Waals surface area contributed by atoms with Gasteiger partial charge in [-0.05, 0) is 51.5 Å². The standard InChI is InChI=1S/C23H28F3N5O4S/c1-3-35-28-17-6-4-15(5-7-17)13-29-8-9-30(14(2)12-29)22-27-21(32)18-10-16(23(24,25)26)11-19(31(33)34)20(18)36-22/h10-11,14-15H,3-9,12-13H2,1-2H3/t14-,15?/m0/s1. The van der Waals surface area contributed by atoms with Crippen LogP contribution in [0.15, 0.2) is 22.1 Å². The Morgan fingerprint density at radius 1 is 1.28 bits per heavy atom. The van der Waals surface area contributed by atoms with Gasteiger partial charge in [-0.15, -0.1) is 0 Å². The van der Waals surface area contributed by atoms with Crippen LogP contribution in [0.5, 0.6) is 0 Å². The SMILES string of the molecule is CCON=C1CCC(CN2CCN(c3nc(=O)c4cc(C(F)(F)F)cc([N+](=O)[O-])c4s3)[C@@H](C)C2)CC1. The number of nitro groups is 1. The Balaban J connectivity index is 1.49. The molecule has 0 bridgehead atoms. The van der Waals surface area contributed by atoms with E-state index in [-0.39, 0.29) is 21.3 Å². The minimum atomic E-state index is -4.81. The van der Waals surface area contributed by atoms with Gasteiger partial charge in [0.1, 0.15) is 11.3 Å². The van der Waals surface area contributed by atoms with Gasteiger partial charge in [-0.25, -0.2) is 0 Å². The molecular formula is C23H28F3N5O4S. The molecule has 1 saturated carbocycles. The number of aromatic nitrogens is 1. The molecule has 0 radical (unpaired) electrons. The Morgan fingerprint density at radius 2 is 2.00 bits per heavy atom. The minimum Gasteiger partial charge on any atom is -0.396 e. The maximum atomic E-state index is 13.2. The molecule has 2 heterocycles. The van der Waals surface area contributed by atoms with Gasteiger partial charge in [0.25, 0.3) is 11.2 Å². The quantitative estimate of drug-likeness (QED) is 0.397. The number of nitrogens with zero attached hydrogens (tertiary/aromatic N) is 5. The zero-order chi connectivity index (χ0) is 26.0. The van der Waals surface area contributed by atoms with Crippen LogP contribution < -0.4 is 10.5 Å². The topological polar surface area (TPSA) is 101 Å². The molecule has 0 amide bonds. The first kappa shape index (κ1) is 26.3. The summed E-state index contributed by atoms with van der Waals surface area (Å²) in [5.74, 6) is 0.560. The molecule has 0 spiro atoms. The minimum absolute atomic E-state index is 0.0217. The van der Waals surface area contributed by atoms with Gasteiger partial charge >= 0.3 is 6.18 Å². The molecular weight excluding hydrogens is 499 g/mol. The molecule has 1 atom stereocenters. The van der Waals surface area contributed by atoms with E-state index in [0.29, 0.717) is 31.2 Å². The molecule has 2 aromatic rings. The van der Waals surface area contributed by atoms with Crippen LogP contribution in [0.25, 0.3) is 10.1 Å². The highest BCUT2D eigenvalue weighted by atomic mass is 32.1. The molecule has 1 aliphatic heterocycles. The van der Waals surface area contributed by atoms with Gasteiger partial charge in [-0.2, -0.15) is 18.2 Å². The van der Waals surface area contributed by atoms with E-state index in [1.54, 1.807) is 0 Å². The molecule has 1 aromatic heterocycles. The Bertz CT molecular complexity index is 1210. The molecule has 0 N–H and O–H groups in total. The van der Waals surface area contributed by atoms with Crippen LogP contribution in [-0.2, 0) is 11.0 Å². The van der Waals surface area contributed by atoms with Crippen LogP contribution >= 0.6 is 11.3 Å². The number of hydrogen-bond donors (Lipinski definition) is 0. The fraction of sp³-hybridized carbons (Fsp3) is 0.609. The molecule has 2 fully saturated rings. The van der Waals surface area contributed by atoms with E-state index >= 15 is 0 Å². The molecule has 4 rings (SSSR count). The van der Waals surface area contributed by atoms with Crippen molar-refractivity contribution in [3.8, 4) is 0 Å². The monoisotopic (exact) mass is 527 g/mol. The lowest BCUT2D eigenvalue weighted by Crippen LogP contribution is -2.53. The van der Waals surface area contributed by atoms with Crippen molar-refractivity contribution in [2.45, 2.75) is 51.7 Å². The number of non-ortho nitro benzene ring substituents is 1. The predicted molar refractivity (Wildman–Crippen MR) is 132 cm³/mol. The summed E-state index contributed by atoms with van der Waals surface area (Å²) in [7, 11) is 0. The molecule has 9 nitrogen and oxygen atoms in total. The van der Waals surface area contributed by atoms with Crippen molar-refractivity contribution in [3.63, 3.8) is 0 Å². The third kappa shape index (κ3) is 5.77. The second-order valence-electron chi connectivity index (χ2n) is 9.25. The Hall–Kier alpha value is -2.80. The molecule has 0 unspecified atom stereocenters. The number of fused-ring (bicyclic) bond motifs is 1. The van der Waals surface area contributed by atoms with E-state index in [2.05, 4.69) is 15.0 Å². The van der Waals surface area contributed by atoms with Crippen LogP contribution in [0, 0.1) is 16.0 Å². The zero-order valence-corrected chi connectivity index (χ0v) is 20.9. The van der Waals surface area contributed by atoms with Crippen molar-refractivity contribution in [1.82, 2.24) is 9.88 Å². The maximum absolute atomic E-state index is 13.2. The normalized spacial score (nSPS) is 21.6. The number of benzene rings is 1. The van der Waals surface area contributed by atoms with Gasteiger partial charge in [0, 0.05) is 38.3 Å². The Labute approximate surface area is 209 Å². The average molecular weight is 528 g/mol. The van der Waals surface area contributed by atoms with Gasteiger partial charge < -0.3 is 9.74 Å². The van der Waals surface area contributed by atoms with Gasteiger partial charge in [-0.1, -0.05) is 16.5 Å². The highest BCUT2D eigenvalue weighted by molar-refractivity contribution is 7.22. The third-order valence-electron chi connectivity index (χ3n) is 6.69.